The molecule has 3 aromatic rings. The molecule has 6 heteroatoms. The van der Waals surface area contributed by atoms with Gasteiger partial charge in [0.25, 0.3) is 5.69 Å². The Morgan fingerprint density at radius 3 is 2.90 bits per heavy atom. The van der Waals surface area contributed by atoms with E-state index in [-0.39, 0.29) is 5.69 Å². The van der Waals surface area contributed by atoms with Gasteiger partial charge in [-0.2, -0.15) is 0 Å². The number of aryl methyl sites for hydroxylation is 1. The van der Waals surface area contributed by atoms with E-state index in [0.717, 1.165) is 11.0 Å². The number of nitro benzene ring substituents is 1. The van der Waals surface area contributed by atoms with Crippen molar-refractivity contribution in [3.05, 3.63) is 64.5 Å². The molecule has 0 atom stereocenters. The van der Waals surface area contributed by atoms with Crippen molar-refractivity contribution in [1.82, 2.24) is 9.55 Å². The summed E-state index contributed by atoms with van der Waals surface area (Å²) in [7, 11) is 1.92. The average molecular weight is 280 g/mol. The number of aromatic nitrogens is 2. The molecule has 21 heavy (non-hydrogen) atoms. The minimum Gasteiger partial charge on any atom is -0.334 e. The molecule has 0 aliphatic heterocycles. The molecule has 0 N–H and O–H groups in total. The average Bonchev–Trinajstić information content (AvgIpc) is 2.86. The lowest BCUT2D eigenvalue weighted by Gasteiger charge is -1.98. The van der Waals surface area contributed by atoms with Crippen molar-refractivity contribution in [2.45, 2.75) is 0 Å². The first-order chi connectivity index (χ1) is 10.1. The largest absolute Gasteiger partial charge is 0.334 e. The molecule has 1 heterocycles. The molecule has 0 radical (unpaired) electrons. The Bertz CT molecular complexity index is 852. The van der Waals surface area contributed by atoms with E-state index < -0.39 is 4.92 Å². The molecule has 104 valence electrons. The molecule has 2 aromatic carbocycles. The number of rotatable bonds is 3. The third kappa shape index (κ3) is 2.51. The van der Waals surface area contributed by atoms with Crippen molar-refractivity contribution < 1.29 is 4.92 Å². The summed E-state index contributed by atoms with van der Waals surface area (Å²) in [5.41, 5.74) is 3.08. The highest BCUT2D eigenvalue weighted by Crippen LogP contribution is 2.21. The first-order valence-electron chi connectivity index (χ1n) is 6.34. The van der Waals surface area contributed by atoms with Crippen molar-refractivity contribution in [1.29, 1.82) is 0 Å². The van der Waals surface area contributed by atoms with Gasteiger partial charge in [0, 0.05) is 19.3 Å². The van der Waals surface area contributed by atoms with Gasteiger partial charge in [-0.25, -0.2) is 4.98 Å². The fraction of sp³-hybridized carbons (Fsp3) is 0.0667. The summed E-state index contributed by atoms with van der Waals surface area (Å²) in [5, 5.41) is 10.9. The molecule has 0 saturated heterocycles. The summed E-state index contributed by atoms with van der Waals surface area (Å²) >= 11 is 0. The number of imidazole rings is 1. The number of nitrogens with zero attached hydrogens (tertiary/aromatic N) is 4. The second-order valence-corrected chi connectivity index (χ2v) is 4.60. The third-order valence-corrected chi connectivity index (χ3v) is 3.20. The lowest BCUT2D eigenvalue weighted by Crippen LogP contribution is -1.93. The highest BCUT2D eigenvalue weighted by molar-refractivity contribution is 5.88. The highest BCUT2D eigenvalue weighted by atomic mass is 16.6. The van der Waals surface area contributed by atoms with Crippen molar-refractivity contribution in [3.8, 4) is 0 Å². The second kappa shape index (κ2) is 5.16. The van der Waals surface area contributed by atoms with Gasteiger partial charge >= 0.3 is 0 Å². The number of hydrogen-bond acceptors (Lipinski definition) is 4. The molecular weight excluding hydrogens is 268 g/mol. The van der Waals surface area contributed by atoms with Crippen LogP contribution in [0.5, 0.6) is 0 Å². The van der Waals surface area contributed by atoms with Gasteiger partial charge in [0.05, 0.1) is 33.5 Å². The molecule has 0 saturated carbocycles. The predicted octanol–water partition coefficient (Wildman–Crippen LogP) is 3.23. The lowest BCUT2D eigenvalue weighted by molar-refractivity contribution is -0.385. The quantitative estimate of drug-likeness (QED) is 0.420. The van der Waals surface area contributed by atoms with Crippen LogP contribution in [-0.2, 0) is 7.05 Å². The van der Waals surface area contributed by atoms with E-state index in [0.29, 0.717) is 11.3 Å². The molecule has 0 bridgehead atoms. The number of para-hydroxylation sites is 1. The minimum atomic E-state index is -0.413. The van der Waals surface area contributed by atoms with E-state index in [2.05, 4.69) is 9.98 Å². The van der Waals surface area contributed by atoms with Crippen LogP contribution in [0.15, 0.2) is 53.8 Å². The van der Waals surface area contributed by atoms with Crippen LogP contribution in [0.25, 0.3) is 11.0 Å². The zero-order chi connectivity index (χ0) is 14.8. The Kier molecular flexibility index (Phi) is 3.19. The van der Waals surface area contributed by atoms with Crippen LogP contribution in [-0.4, -0.2) is 20.7 Å². The zero-order valence-corrected chi connectivity index (χ0v) is 11.3. The van der Waals surface area contributed by atoms with Crippen LogP contribution in [0, 0.1) is 10.1 Å². The standard InChI is InChI=1S/C15H12N4O2/c1-18-10-17-13-8-12(6-7-15(13)18)16-9-11-4-2-3-5-14(11)19(20)21/h2-10H,1H3. The van der Waals surface area contributed by atoms with Crippen LogP contribution in [0.1, 0.15) is 5.56 Å². The normalized spacial score (nSPS) is 11.3. The lowest BCUT2D eigenvalue weighted by atomic mass is 10.2. The van der Waals surface area contributed by atoms with Gasteiger partial charge in [-0.1, -0.05) is 12.1 Å². The highest BCUT2D eigenvalue weighted by Gasteiger charge is 2.09. The number of fused-ring (bicyclic) bond motifs is 1. The van der Waals surface area contributed by atoms with Crippen LogP contribution in [0.4, 0.5) is 11.4 Å². The number of hydrogen-bond donors (Lipinski definition) is 0. The Balaban J connectivity index is 1.96. The number of aliphatic imine (C=N–C) groups is 1. The van der Waals surface area contributed by atoms with Gasteiger partial charge in [-0.3, -0.25) is 15.1 Å². The van der Waals surface area contributed by atoms with Crippen molar-refractivity contribution in [2.24, 2.45) is 12.0 Å². The fourth-order valence-corrected chi connectivity index (χ4v) is 2.11. The Morgan fingerprint density at radius 1 is 1.29 bits per heavy atom. The van der Waals surface area contributed by atoms with Crippen molar-refractivity contribution >= 4 is 28.6 Å². The predicted molar refractivity (Wildman–Crippen MR) is 81.1 cm³/mol. The van der Waals surface area contributed by atoms with E-state index >= 15 is 0 Å². The van der Waals surface area contributed by atoms with Gasteiger partial charge in [0.15, 0.2) is 0 Å². The molecule has 3 rings (SSSR count). The summed E-state index contributed by atoms with van der Waals surface area (Å²) in [5.74, 6) is 0. The fourth-order valence-electron chi connectivity index (χ4n) is 2.11. The van der Waals surface area contributed by atoms with E-state index in [1.807, 2.05) is 29.8 Å². The zero-order valence-electron chi connectivity index (χ0n) is 11.3. The summed E-state index contributed by atoms with van der Waals surface area (Å²) in [6.45, 7) is 0. The minimum absolute atomic E-state index is 0.0418. The summed E-state index contributed by atoms with van der Waals surface area (Å²) in [4.78, 5) is 19.1. The third-order valence-electron chi connectivity index (χ3n) is 3.20. The Labute approximate surface area is 120 Å². The maximum atomic E-state index is 10.9. The van der Waals surface area contributed by atoms with Gasteiger partial charge < -0.3 is 4.57 Å². The van der Waals surface area contributed by atoms with Crippen LogP contribution in [0.3, 0.4) is 0 Å². The monoisotopic (exact) mass is 280 g/mol. The van der Waals surface area contributed by atoms with Gasteiger partial charge in [-0.15, -0.1) is 0 Å². The van der Waals surface area contributed by atoms with E-state index in [1.54, 1.807) is 24.5 Å². The topological polar surface area (TPSA) is 73.3 Å². The van der Waals surface area contributed by atoms with Gasteiger partial charge in [-0.05, 0) is 24.3 Å². The van der Waals surface area contributed by atoms with Crippen molar-refractivity contribution in [2.75, 3.05) is 0 Å². The summed E-state index contributed by atoms with van der Waals surface area (Å²) in [6, 6.07) is 12.1. The molecule has 0 spiro atoms. The summed E-state index contributed by atoms with van der Waals surface area (Å²) < 4.78 is 1.92. The van der Waals surface area contributed by atoms with Gasteiger partial charge in [0.1, 0.15) is 0 Å². The van der Waals surface area contributed by atoms with Crippen LogP contribution >= 0.6 is 0 Å². The maximum absolute atomic E-state index is 10.9. The molecule has 6 nitrogen and oxygen atoms in total. The van der Waals surface area contributed by atoms with E-state index in [9.17, 15) is 10.1 Å². The smallest absolute Gasteiger partial charge is 0.278 e. The maximum Gasteiger partial charge on any atom is 0.278 e. The van der Waals surface area contributed by atoms with Crippen LogP contribution < -0.4 is 0 Å². The molecule has 0 aliphatic carbocycles. The number of nitro groups is 1. The summed E-state index contributed by atoms with van der Waals surface area (Å²) in [6.07, 6.45) is 3.24. The molecule has 1 aromatic heterocycles. The first-order valence-corrected chi connectivity index (χ1v) is 6.34. The van der Waals surface area contributed by atoms with E-state index in [1.165, 1.54) is 12.3 Å². The second-order valence-electron chi connectivity index (χ2n) is 4.60. The molecule has 0 amide bonds. The molecular formula is C15H12N4O2. The number of benzene rings is 2. The SMILES string of the molecule is Cn1cnc2cc(N=Cc3ccccc3[N+](=O)[O-])ccc21. The molecule has 0 aliphatic rings. The van der Waals surface area contributed by atoms with Crippen LogP contribution in [0.2, 0.25) is 0 Å². The molecule has 0 fully saturated rings. The Morgan fingerprint density at radius 2 is 2.10 bits per heavy atom. The van der Waals surface area contributed by atoms with Crippen molar-refractivity contribution in [3.63, 3.8) is 0 Å². The van der Waals surface area contributed by atoms with Gasteiger partial charge in [0.2, 0.25) is 0 Å². The van der Waals surface area contributed by atoms with E-state index in [4.69, 9.17) is 0 Å². The Hall–Kier alpha value is -3.02. The first kappa shape index (κ1) is 13.0. The molecule has 0 unspecified atom stereocenters.